The molecule has 2 saturated heterocycles. The summed E-state index contributed by atoms with van der Waals surface area (Å²) in [4.78, 5) is 136. The second kappa shape index (κ2) is 36.2. The first-order chi connectivity index (χ1) is 44.9. The predicted molar refractivity (Wildman–Crippen MR) is 352 cm³/mol. The minimum Gasteiger partial charge on any atom is -0.495 e. The number of hydrogen-bond acceptors (Lipinski definition) is 18. The fourth-order valence-electron chi connectivity index (χ4n) is 11.2. The highest BCUT2D eigenvalue weighted by atomic mass is 35.5. The van der Waals surface area contributed by atoms with Crippen LogP contribution in [0.4, 0.5) is 25.8 Å². The number of ether oxygens (including phenoxy) is 7. The molecule has 4 bridgehead atoms. The lowest BCUT2D eigenvalue weighted by Gasteiger charge is -2.42. The number of primary amides is 1. The Bertz CT molecular complexity index is 3090. The summed E-state index contributed by atoms with van der Waals surface area (Å²) in [5, 5.41) is 25.4. The van der Waals surface area contributed by atoms with Crippen LogP contribution in [0, 0.1) is 17.8 Å². The van der Waals surface area contributed by atoms with Gasteiger partial charge in [0.1, 0.15) is 59.4 Å². The number of aliphatic hydroxyl groups is 1. The summed E-state index contributed by atoms with van der Waals surface area (Å²) in [6.07, 6.45) is 2.71. The third-order valence-corrected chi connectivity index (χ3v) is 17.9. The molecule has 9 amide bonds. The summed E-state index contributed by atoms with van der Waals surface area (Å²) < 4.78 is 40.4. The van der Waals surface area contributed by atoms with E-state index < -0.39 is 114 Å². The van der Waals surface area contributed by atoms with E-state index in [1.165, 1.54) is 52.1 Å². The molecule has 3 aliphatic heterocycles. The molecule has 5 rings (SSSR count). The highest BCUT2D eigenvalue weighted by Gasteiger charge is 2.64. The molecule has 0 aliphatic carbocycles. The molecule has 28 heteroatoms. The summed E-state index contributed by atoms with van der Waals surface area (Å²) in [5.41, 5.74) is 4.79. The van der Waals surface area contributed by atoms with E-state index in [9.17, 15) is 53.1 Å². The number of methoxy groups -OCH3 is 2. The Hall–Kier alpha value is -8.01. The number of alkyl carbamates (subject to hydrolysis) is 1. The fourth-order valence-corrected chi connectivity index (χ4v) is 11.5. The number of nitrogens with two attached hydrogens (primary N) is 1. The van der Waals surface area contributed by atoms with E-state index in [2.05, 4.69) is 26.6 Å². The molecule has 3 heterocycles. The van der Waals surface area contributed by atoms with Crippen molar-refractivity contribution in [3.63, 3.8) is 0 Å². The molecule has 0 saturated carbocycles. The van der Waals surface area contributed by atoms with Crippen LogP contribution in [0.3, 0.4) is 0 Å². The first-order valence-electron chi connectivity index (χ1n) is 32.3. The molecule has 27 nitrogen and oxygen atoms in total. The highest BCUT2D eigenvalue weighted by Crippen LogP contribution is 2.49. The summed E-state index contributed by atoms with van der Waals surface area (Å²) >= 11 is 6.84. The Morgan fingerprint density at radius 2 is 1.62 bits per heavy atom. The van der Waals surface area contributed by atoms with Crippen LogP contribution < -0.4 is 42.0 Å². The molecular formula is C67H98ClN9O18. The minimum absolute atomic E-state index is 0.0961. The highest BCUT2D eigenvalue weighted by molar-refractivity contribution is 6.35. The number of benzene rings is 2. The third kappa shape index (κ3) is 22.3. The number of unbranched alkanes of at least 4 members (excludes halogenated alkanes) is 2. The van der Waals surface area contributed by atoms with E-state index in [0.29, 0.717) is 61.2 Å². The van der Waals surface area contributed by atoms with Crippen LogP contribution in [0.15, 0.2) is 60.2 Å². The van der Waals surface area contributed by atoms with E-state index in [4.69, 9.17) is 50.5 Å². The molecule has 10 atom stereocenters. The predicted octanol–water partition coefficient (Wildman–Crippen LogP) is 6.73. The normalized spacial score (nSPS) is 22.9. The van der Waals surface area contributed by atoms with Crippen LogP contribution in [-0.4, -0.2) is 184 Å². The van der Waals surface area contributed by atoms with Crippen LogP contribution in [-0.2, 0) is 75.0 Å². The number of nitrogens with one attached hydrogen (secondary N) is 5. The van der Waals surface area contributed by atoms with E-state index in [1.54, 1.807) is 76.2 Å². The number of hydrogen-bond donors (Lipinski definition) is 7. The molecule has 0 radical (unpaired) electrons. The second-order valence-corrected chi connectivity index (χ2v) is 25.5. The van der Waals surface area contributed by atoms with Gasteiger partial charge in [-0.3, -0.25) is 34.1 Å². The zero-order valence-corrected chi connectivity index (χ0v) is 57.7. The lowest BCUT2D eigenvalue weighted by atomic mass is 9.83. The number of allylic oxidation sites excluding steroid dienone is 3. The third-order valence-electron chi connectivity index (χ3n) is 17.6. The maximum atomic E-state index is 14.5. The zero-order chi connectivity index (χ0) is 70.5. The molecule has 2 fully saturated rings. The first-order valence-corrected chi connectivity index (χ1v) is 32.7. The van der Waals surface area contributed by atoms with E-state index in [-0.39, 0.29) is 87.1 Å². The maximum absolute atomic E-state index is 14.5. The molecule has 95 heavy (non-hydrogen) atoms. The van der Waals surface area contributed by atoms with Gasteiger partial charge in [0.25, 0.3) is 0 Å². The molecule has 3 aliphatic rings. The van der Waals surface area contributed by atoms with Gasteiger partial charge >= 0.3 is 30.2 Å². The van der Waals surface area contributed by atoms with Gasteiger partial charge in [0, 0.05) is 72.2 Å². The molecule has 0 spiro atoms. The summed E-state index contributed by atoms with van der Waals surface area (Å²) in [7, 11) is 7.21. The second-order valence-electron chi connectivity index (χ2n) is 25.1. The van der Waals surface area contributed by atoms with Crippen molar-refractivity contribution in [3.8, 4) is 5.75 Å². The number of fused-ring (bicyclic) bond motifs is 5. The monoisotopic (exact) mass is 1350 g/mol. The molecule has 0 unspecified atom stereocenters. The van der Waals surface area contributed by atoms with Gasteiger partial charge in [0.2, 0.25) is 29.5 Å². The zero-order valence-electron chi connectivity index (χ0n) is 57.0. The van der Waals surface area contributed by atoms with Crippen LogP contribution in [0.25, 0.3) is 0 Å². The van der Waals surface area contributed by atoms with Crippen LogP contribution in [0.1, 0.15) is 137 Å². The van der Waals surface area contributed by atoms with Gasteiger partial charge < -0.3 is 80.0 Å². The van der Waals surface area contributed by atoms with Gasteiger partial charge in [-0.2, -0.15) is 0 Å². The van der Waals surface area contributed by atoms with Gasteiger partial charge in [0.15, 0.2) is 5.72 Å². The topological polar surface area (TPSA) is 355 Å². The van der Waals surface area contributed by atoms with Gasteiger partial charge in [-0.25, -0.2) is 19.2 Å². The van der Waals surface area contributed by atoms with Crippen molar-refractivity contribution in [2.75, 3.05) is 65.3 Å². The molecule has 2 aromatic carbocycles. The summed E-state index contributed by atoms with van der Waals surface area (Å²) in [5.74, 6) is -4.48. The van der Waals surface area contributed by atoms with Crippen molar-refractivity contribution >= 4 is 82.7 Å². The molecule has 8 N–H and O–H groups in total. The number of nitrogens with zero attached hydrogens (tertiary/aromatic N) is 3. The Morgan fingerprint density at radius 3 is 2.26 bits per heavy atom. The minimum atomic E-state index is -1.91. The average molecular weight is 1350 g/mol. The van der Waals surface area contributed by atoms with E-state index in [0.717, 1.165) is 16.0 Å². The number of urea groups is 1. The van der Waals surface area contributed by atoms with Crippen molar-refractivity contribution in [1.29, 1.82) is 0 Å². The number of halogens is 1. The number of amides is 9. The van der Waals surface area contributed by atoms with Gasteiger partial charge in [-0.15, -0.1) is 0 Å². The van der Waals surface area contributed by atoms with Crippen LogP contribution in [0.5, 0.6) is 5.75 Å². The van der Waals surface area contributed by atoms with Crippen molar-refractivity contribution < 1.29 is 86.2 Å². The first kappa shape index (κ1) is 77.7. The van der Waals surface area contributed by atoms with Gasteiger partial charge in [-0.1, -0.05) is 82.2 Å². The average Bonchev–Trinajstić information content (AvgIpc) is 1.58. The van der Waals surface area contributed by atoms with Gasteiger partial charge in [-0.05, 0) is 113 Å². The Kier molecular flexibility index (Phi) is 29.6. The number of carbonyl (C=O) groups excluding carboxylic acids is 10. The number of carbonyl (C=O) groups is 10. The number of esters is 2. The lowest BCUT2D eigenvalue weighted by Crippen LogP contribution is -2.63. The van der Waals surface area contributed by atoms with Crippen molar-refractivity contribution in [1.82, 2.24) is 31.1 Å². The number of anilines is 2. The molecule has 2 aromatic rings. The maximum Gasteiger partial charge on any atom is 0.409 e. The molecule has 526 valence electrons. The quantitative estimate of drug-likeness (QED) is 0.0192. The SMILES string of the molecule is CCC(CC)C(=O)OCCCCCC(=O)N[C@H](C(=O)N[C@@H](CCCNC(N)=O)C(=O)Nc1ccc(COC(=O)N(C)CCC(=O)N(C)[C@@H](C)C(=O)O[C@H]2CC(=O)N(C)c3cc(cc(OC)c3Cl)C/C(C)=C/C=C/[C@@H](OC)[C@@]3(O)C[C@H](OC(=O)N3)[C@@H](C)[C@@H]3O[C@@]23C)cc1)C(C)C. The molecule has 0 aromatic heterocycles. The van der Waals surface area contributed by atoms with Gasteiger partial charge in [0.05, 0.1) is 37.8 Å². The standard InChI is InChI=1S/C67H98ClN9O18/c1-14-45(15-2)62(84)91-32-18-16-17-24-53(78)73-57(39(3)4)60(82)72-47(22-20-30-70-63(69)85)59(81)71-46-27-25-43(26-28-46)38-92-65(87)75(9)31-29-54(79)76(10)42(7)61(83)94-52-36-55(80)77(11)48-34-44(35-49(89-12)56(48)68)33-40(5)21-19-23-51(90-13)67(88)37-50(93-64(86)74-67)41(6)58-66(52,8)95-58/h19,21,23,25-28,34-35,39,41-42,45,47,50-52,57-58,88H,14-18,20,22,24,29-33,36-38H2,1-13H3,(H,71,81)(H,72,82)(H,73,78)(H,74,86)(H3,69,70,85)/b23-19+,40-21+/t41-,42+,47+,50+,51-,52+,57+,58+,66+,67+/m1/s1. The van der Waals surface area contributed by atoms with Crippen LogP contribution >= 0.6 is 11.6 Å². The lowest BCUT2D eigenvalue weighted by molar-refractivity contribution is -0.162. The largest absolute Gasteiger partial charge is 0.495 e. The van der Waals surface area contributed by atoms with Crippen LogP contribution in [0.2, 0.25) is 5.02 Å². The number of likely N-dealkylation sites (N-methyl/N-ethyl adjacent to an activating group) is 1. The van der Waals surface area contributed by atoms with Crippen molar-refractivity contribution in [2.45, 2.75) is 193 Å². The Labute approximate surface area is 561 Å². The van der Waals surface area contributed by atoms with E-state index >= 15 is 0 Å². The van der Waals surface area contributed by atoms with E-state index in [1.807, 2.05) is 26.8 Å². The Morgan fingerprint density at radius 1 is 0.926 bits per heavy atom. The fraction of sp³-hybridized carbons (Fsp3) is 0.612. The van der Waals surface area contributed by atoms with Crippen molar-refractivity contribution in [2.24, 2.45) is 23.5 Å². The number of epoxide rings is 1. The smallest absolute Gasteiger partial charge is 0.409 e. The molecular weight excluding hydrogens is 1250 g/mol. The summed E-state index contributed by atoms with van der Waals surface area (Å²) in [6.45, 7) is 14.2. The Balaban J connectivity index is 1.18. The number of rotatable bonds is 29. The summed E-state index contributed by atoms with van der Waals surface area (Å²) in [6, 6.07) is 5.83. The van der Waals surface area contributed by atoms with Crippen molar-refractivity contribution in [3.05, 3.63) is 76.3 Å².